The van der Waals surface area contributed by atoms with E-state index in [2.05, 4.69) is 218 Å². The molecule has 0 fully saturated rings. The van der Waals surface area contributed by atoms with Gasteiger partial charge in [0.1, 0.15) is 23.2 Å². The summed E-state index contributed by atoms with van der Waals surface area (Å²) in [5.41, 5.74) is 12.7. The Morgan fingerprint density at radius 3 is 1.98 bits per heavy atom. The minimum Gasteiger partial charge on any atom is -0.456 e. The first-order chi connectivity index (χ1) is 30.2. The van der Waals surface area contributed by atoms with Crippen molar-refractivity contribution in [2.24, 2.45) is 27.7 Å². The van der Waals surface area contributed by atoms with Gasteiger partial charge in [-0.15, -0.1) is 0 Å². The van der Waals surface area contributed by atoms with Gasteiger partial charge in [-0.25, -0.2) is 9.98 Å². The number of benzene rings is 6. The van der Waals surface area contributed by atoms with Gasteiger partial charge in [-0.2, -0.15) is 0 Å². The van der Waals surface area contributed by atoms with Crippen LogP contribution in [-0.2, 0) is 5.41 Å². The summed E-state index contributed by atoms with van der Waals surface area (Å²) in [6.45, 7) is 0. The first-order valence-corrected chi connectivity index (χ1v) is 21.5. The largest absolute Gasteiger partial charge is 0.456 e. The molecule has 4 heteroatoms. The highest BCUT2D eigenvalue weighted by Crippen LogP contribution is 2.65. The number of aliphatic imine (C=N–C) groups is 2. The molecule has 1 N–H and O–H groups in total. The summed E-state index contributed by atoms with van der Waals surface area (Å²) in [5, 5.41) is 3.66. The molecule has 0 saturated carbocycles. The molecule has 1 spiro atoms. The Morgan fingerprint density at radius 1 is 0.541 bits per heavy atom. The van der Waals surface area contributed by atoms with E-state index in [1.165, 1.54) is 39.0 Å². The zero-order chi connectivity index (χ0) is 40.3. The third kappa shape index (κ3) is 5.81. The first-order valence-electron chi connectivity index (χ1n) is 21.5. The second-order valence-corrected chi connectivity index (χ2v) is 16.8. The Kier molecular flexibility index (Phi) is 8.45. The van der Waals surface area contributed by atoms with Crippen molar-refractivity contribution in [1.29, 1.82) is 0 Å². The number of allylic oxidation sites excluding steroid dienone is 10. The van der Waals surface area contributed by atoms with Crippen LogP contribution in [0.25, 0.3) is 22.3 Å². The van der Waals surface area contributed by atoms with Crippen molar-refractivity contribution in [2.45, 2.75) is 23.9 Å². The van der Waals surface area contributed by atoms with Gasteiger partial charge < -0.3 is 10.1 Å². The van der Waals surface area contributed by atoms with Crippen LogP contribution in [0.5, 0.6) is 11.5 Å². The Balaban J connectivity index is 0.917. The van der Waals surface area contributed by atoms with Crippen LogP contribution in [0.2, 0.25) is 0 Å². The van der Waals surface area contributed by atoms with Crippen molar-refractivity contribution >= 4 is 11.7 Å². The monoisotopic (exact) mass is 785 g/mol. The zero-order valence-corrected chi connectivity index (χ0v) is 33.6. The summed E-state index contributed by atoms with van der Waals surface area (Å²) in [7, 11) is 0. The molecule has 6 aliphatic rings. The van der Waals surface area contributed by atoms with Crippen molar-refractivity contribution in [2.75, 3.05) is 0 Å². The van der Waals surface area contributed by atoms with Gasteiger partial charge in [-0.05, 0) is 45.9 Å². The maximum absolute atomic E-state index is 7.00. The number of nitrogens with zero attached hydrogens (tertiary/aromatic N) is 2. The Bertz CT molecular complexity index is 2960. The highest BCUT2D eigenvalue weighted by atomic mass is 16.5. The number of para-hydroxylation sites is 2. The van der Waals surface area contributed by atoms with Crippen LogP contribution in [0.1, 0.15) is 45.7 Å². The predicted octanol–water partition coefficient (Wildman–Crippen LogP) is 12.7. The lowest BCUT2D eigenvalue weighted by Gasteiger charge is -2.43. The molecule has 6 aromatic rings. The number of nitrogens with one attached hydrogen (secondary N) is 1. The molecular weight excluding hydrogens is 743 g/mol. The number of hydrogen-bond acceptors (Lipinski definition) is 4. The van der Waals surface area contributed by atoms with Crippen LogP contribution in [0.15, 0.2) is 228 Å². The van der Waals surface area contributed by atoms with Gasteiger partial charge in [0.2, 0.25) is 0 Å². The molecule has 2 aliphatic heterocycles. The molecule has 61 heavy (non-hydrogen) atoms. The van der Waals surface area contributed by atoms with E-state index < -0.39 is 0 Å². The van der Waals surface area contributed by atoms with Crippen LogP contribution >= 0.6 is 0 Å². The Hall–Kier alpha value is -7.30. The molecule has 2 heterocycles. The highest BCUT2D eigenvalue weighted by molar-refractivity contribution is 6.16. The van der Waals surface area contributed by atoms with Crippen molar-refractivity contribution in [3.8, 4) is 33.8 Å². The molecule has 6 unspecified atom stereocenters. The minimum atomic E-state index is -0.388. The van der Waals surface area contributed by atoms with Crippen LogP contribution < -0.4 is 10.1 Å². The van der Waals surface area contributed by atoms with Gasteiger partial charge in [0.25, 0.3) is 0 Å². The molecule has 6 aromatic carbocycles. The summed E-state index contributed by atoms with van der Waals surface area (Å²) in [5.74, 6) is 4.43. The number of ether oxygens (including phenoxy) is 1. The summed E-state index contributed by atoms with van der Waals surface area (Å²) >= 11 is 0. The Morgan fingerprint density at radius 2 is 1.20 bits per heavy atom. The molecule has 6 atom stereocenters. The van der Waals surface area contributed by atoms with E-state index in [9.17, 15) is 0 Å². The molecule has 0 aromatic heterocycles. The van der Waals surface area contributed by atoms with Gasteiger partial charge in [-0.1, -0.05) is 206 Å². The topological polar surface area (TPSA) is 46.0 Å². The van der Waals surface area contributed by atoms with Gasteiger partial charge in [0.05, 0.1) is 5.41 Å². The first kappa shape index (κ1) is 35.6. The number of amidine groups is 2. The molecule has 0 bridgehead atoms. The minimum absolute atomic E-state index is 0.0577. The average molecular weight is 786 g/mol. The standard InChI is InChI=1S/C57H43N3O/c1-3-14-37(15-4-1)39-26-30-41(31-27-39)54-58-55(60-56(59-54)44-35-34-43(36-44)38-16-5-2-6-17-38)42-32-28-40(29-33-42)45-20-13-24-51-53(45)61-52-25-12-11-23-50(52)57(51)48-21-9-7-18-46(48)47-19-8-10-22-49(47)57/h1-16,18-36,38,44,46,48,56H,17H2,(H,58,59,60). The van der Waals surface area contributed by atoms with Gasteiger partial charge >= 0.3 is 0 Å². The van der Waals surface area contributed by atoms with Gasteiger partial charge in [0.15, 0.2) is 6.17 Å². The second kappa shape index (κ2) is 14.5. The predicted molar refractivity (Wildman–Crippen MR) is 248 cm³/mol. The van der Waals surface area contributed by atoms with Gasteiger partial charge in [0, 0.05) is 51.5 Å². The van der Waals surface area contributed by atoms with Crippen molar-refractivity contribution < 1.29 is 4.74 Å². The third-order valence-corrected chi connectivity index (χ3v) is 13.5. The van der Waals surface area contributed by atoms with E-state index in [1.807, 2.05) is 0 Å². The molecule has 4 nitrogen and oxygen atoms in total. The van der Waals surface area contributed by atoms with E-state index in [1.54, 1.807) is 0 Å². The SMILES string of the molecule is C1=CCC(C2=CC(C3N=C(c4ccc(-c5ccccc5)cc4)NC(c4ccc(-c5cccc6c5Oc5ccccc5C65c6ccccc6C6C=CC=CC65)cc4)=N3)C=C2)C=C1. The fraction of sp³-hybridized carbons (Fsp3) is 0.123. The zero-order valence-electron chi connectivity index (χ0n) is 33.6. The van der Waals surface area contributed by atoms with E-state index in [4.69, 9.17) is 14.7 Å². The normalized spacial score (nSPS) is 24.8. The molecule has 0 saturated heterocycles. The van der Waals surface area contributed by atoms with Crippen molar-refractivity contribution in [3.05, 3.63) is 251 Å². The summed E-state index contributed by atoms with van der Waals surface area (Å²) < 4.78 is 7.00. The second-order valence-electron chi connectivity index (χ2n) is 16.8. The summed E-state index contributed by atoms with van der Waals surface area (Å²) in [4.78, 5) is 10.6. The third-order valence-electron chi connectivity index (χ3n) is 13.5. The van der Waals surface area contributed by atoms with E-state index in [0.29, 0.717) is 5.92 Å². The average Bonchev–Trinajstić information content (AvgIpc) is 3.95. The lowest BCUT2D eigenvalue weighted by Crippen LogP contribution is -2.39. The maximum atomic E-state index is 7.00. The van der Waals surface area contributed by atoms with Crippen LogP contribution in [0, 0.1) is 17.8 Å². The van der Waals surface area contributed by atoms with Crippen LogP contribution in [0.3, 0.4) is 0 Å². The lowest BCUT2D eigenvalue weighted by atomic mass is 9.61. The molecule has 12 rings (SSSR count). The van der Waals surface area contributed by atoms with E-state index in [-0.39, 0.29) is 29.3 Å². The molecule has 292 valence electrons. The van der Waals surface area contributed by atoms with E-state index in [0.717, 1.165) is 51.8 Å². The smallest absolute Gasteiger partial charge is 0.154 e. The van der Waals surface area contributed by atoms with Crippen LogP contribution in [-0.4, -0.2) is 17.8 Å². The highest BCUT2D eigenvalue weighted by Gasteiger charge is 2.56. The quantitative estimate of drug-likeness (QED) is 0.183. The van der Waals surface area contributed by atoms with Crippen molar-refractivity contribution in [3.63, 3.8) is 0 Å². The number of rotatable bonds is 6. The summed E-state index contributed by atoms with van der Waals surface area (Å²) in [6.07, 6.45) is 25.7. The fourth-order valence-electron chi connectivity index (χ4n) is 10.6. The summed E-state index contributed by atoms with van der Waals surface area (Å²) in [6, 6.07) is 52.4. The number of fused-ring (bicyclic) bond motifs is 9. The van der Waals surface area contributed by atoms with Crippen LogP contribution in [0.4, 0.5) is 0 Å². The Labute approximate surface area is 357 Å². The lowest BCUT2D eigenvalue weighted by molar-refractivity contribution is 0.375. The molecule has 0 amide bonds. The number of hydrogen-bond donors (Lipinski definition) is 1. The van der Waals surface area contributed by atoms with E-state index >= 15 is 0 Å². The fourth-order valence-corrected chi connectivity index (χ4v) is 10.6. The maximum Gasteiger partial charge on any atom is 0.154 e. The molecular formula is C57H43N3O. The van der Waals surface area contributed by atoms with Gasteiger partial charge in [-0.3, -0.25) is 0 Å². The molecule has 4 aliphatic carbocycles. The van der Waals surface area contributed by atoms with Crippen molar-refractivity contribution in [1.82, 2.24) is 5.32 Å². The molecule has 0 radical (unpaired) electrons.